The number of hydrogen-bond acceptors (Lipinski definition) is 5. The molecule has 0 aliphatic heterocycles. The van der Waals surface area contributed by atoms with Crippen LogP contribution in [-0.2, 0) is 0 Å². The van der Waals surface area contributed by atoms with Gasteiger partial charge in [0.05, 0.1) is 6.10 Å². The van der Waals surface area contributed by atoms with Gasteiger partial charge in [-0.2, -0.15) is 0 Å². The molecule has 0 aliphatic carbocycles. The number of rotatable bonds is 4. The Morgan fingerprint density at radius 2 is 2.35 bits per heavy atom. The molecule has 0 bridgehead atoms. The molecular formula is C10H13N3O4. The maximum atomic E-state index is 11.5. The summed E-state index contributed by atoms with van der Waals surface area (Å²) in [6, 6.07) is 2.68. The molecule has 7 nitrogen and oxygen atoms in total. The van der Waals surface area contributed by atoms with Crippen molar-refractivity contribution >= 4 is 12.0 Å². The summed E-state index contributed by atoms with van der Waals surface area (Å²) < 4.78 is 4.60. The van der Waals surface area contributed by atoms with Gasteiger partial charge in [0.2, 0.25) is 0 Å². The third kappa shape index (κ3) is 4.47. The third-order valence-electron chi connectivity index (χ3n) is 1.74. The Morgan fingerprint density at radius 3 is 2.94 bits per heavy atom. The Hall–Kier alpha value is -2.15. The van der Waals surface area contributed by atoms with Crippen LogP contribution < -0.4 is 15.8 Å². The highest BCUT2D eigenvalue weighted by molar-refractivity contribution is 5.92. The van der Waals surface area contributed by atoms with Gasteiger partial charge in [-0.15, -0.1) is 0 Å². The molecule has 0 aliphatic rings. The molecule has 1 aromatic heterocycles. The monoisotopic (exact) mass is 239 g/mol. The number of aliphatic hydroxyl groups is 1. The Kier molecular flexibility index (Phi) is 4.41. The average molecular weight is 239 g/mol. The van der Waals surface area contributed by atoms with Crippen LogP contribution in [0.5, 0.6) is 5.75 Å². The zero-order chi connectivity index (χ0) is 12.8. The maximum absolute atomic E-state index is 11.5. The van der Waals surface area contributed by atoms with Gasteiger partial charge < -0.3 is 20.9 Å². The van der Waals surface area contributed by atoms with Crippen LogP contribution in [0.15, 0.2) is 18.3 Å². The largest absolute Gasteiger partial charge is 0.410 e. The summed E-state index contributed by atoms with van der Waals surface area (Å²) in [4.78, 5) is 25.8. The van der Waals surface area contributed by atoms with Gasteiger partial charge in [-0.25, -0.2) is 4.79 Å². The fraction of sp³-hybridized carbons (Fsp3) is 0.300. The number of ether oxygens (including phenoxy) is 1. The Morgan fingerprint density at radius 1 is 1.65 bits per heavy atom. The molecule has 0 spiro atoms. The first-order valence-corrected chi connectivity index (χ1v) is 4.88. The van der Waals surface area contributed by atoms with E-state index in [1.54, 1.807) is 6.92 Å². The minimum Gasteiger partial charge on any atom is -0.410 e. The fourth-order valence-corrected chi connectivity index (χ4v) is 1.05. The molecule has 0 saturated heterocycles. The lowest BCUT2D eigenvalue weighted by atomic mass is 10.3. The predicted octanol–water partition coefficient (Wildman–Crippen LogP) is -0.350. The predicted molar refractivity (Wildman–Crippen MR) is 58.5 cm³/mol. The second-order valence-electron chi connectivity index (χ2n) is 3.36. The van der Waals surface area contributed by atoms with E-state index in [-0.39, 0.29) is 18.0 Å². The number of nitrogens with one attached hydrogen (secondary N) is 1. The molecule has 0 unspecified atom stereocenters. The lowest BCUT2D eigenvalue weighted by Crippen LogP contribution is -2.31. The number of nitrogens with two attached hydrogens (primary N) is 1. The SMILES string of the molecule is C[C@@H](O)CNC(=O)c1cc(OC(N)=O)ccn1. The van der Waals surface area contributed by atoms with E-state index in [1.807, 2.05) is 0 Å². The van der Waals surface area contributed by atoms with Crippen molar-refractivity contribution in [3.8, 4) is 5.75 Å². The molecule has 1 heterocycles. The van der Waals surface area contributed by atoms with Crippen molar-refractivity contribution < 1.29 is 19.4 Å². The van der Waals surface area contributed by atoms with E-state index in [9.17, 15) is 9.59 Å². The Bertz CT molecular complexity index is 420. The number of hydrogen-bond donors (Lipinski definition) is 3. The first-order chi connectivity index (χ1) is 7.99. The van der Waals surface area contributed by atoms with Gasteiger partial charge >= 0.3 is 6.09 Å². The van der Waals surface area contributed by atoms with E-state index in [2.05, 4.69) is 15.0 Å². The molecule has 0 aromatic carbocycles. The van der Waals surface area contributed by atoms with Crippen LogP contribution >= 0.6 is 0 Å². The summed E-state index contributed by atoms with van der Waals surface area (Å²) in [6.07, 6.45) is -0.300. The van der Waals surface area contributed by atoms with Crippen LogP contribution in [0.25, 0.3) is 0 Å². The number of pyridine rings is 1. The second-order valence-corrected chi connectivity index (χ2v) is 3.36. The van der Waals surface area contributed by atoms with Crippen molar-refractivity contribution in [3.63, 3.8) is 0 Å². The van der Waals surface area contributed by atoms with E-state index in [0.717, 1.165) is 0 Å². The van der Waals surface area contributed by atoms with Gasteiger partial charge in [0.15, 0.2) is 0 Å². The molecule has 1 rings (SSSR count). The lowest BCUT2D eigenvalue weighted by molar-refractivity contribution is 0.0918. The number of amides is 2. The van der Waals surface area contributed by atoms with Crippen LogP contribution in [0, 0.1) is 0 Å². The van der Waals surface area contributed by atoms with Crippen LogP contribution in [0.1, 0.15) is 17.4 Å². The molecule has 4 N–H and O–H groups in total. The quantitative estimate of drug-likeness (QED) is 0.664. The van der Waals surface area contributed by atoms with Gasteiger partial charge in [-0.1, -0.05) is 0 Å². The molecule has 7 heteroatoms. The number of aliphatic hydroxyl groups excluding tert-OH is 1. The summed E-state index contributed by atoms with van der Waals surface area (Å²) in [5.41, 5.74) is 4.91. The second kappa shape index (κ2) is 5.80. The van der Waals surface area contributed by atoms with Crippen LogP contribution in [0.2, 0.25) is 0 Å². The number of nitrogens with zero attached hydrogens (tertiary/aromatic N) is 1. The molecule has 0 fully saturated rings. The highest BCUT2D eigenvalue weighted by Crippen LogP contribution is 2.10. The highest BCUT2D eigenvalue weighted by Gasteiger charge is 2.09. The van der Waals surface area contributed by atoms with E-state index in [4.69, 9.17) is 10.8 Å². The summed E-state index contributed by atoms with van der Waals surface area (Å²) in [5, 5.41) is 11.5. The van der Waals surface area contributed by atoms with E-state index < -0.39 is 18.1 Å². The summed E-state index contributed by atoms with van der Waals surface area (Å²) in [7, 11) is 0. The molecule has 2 amide bonds. The number of carbonyl (C=O) groups is 2. The molecule has 0 saturated carbocycles. The van der Waals surface area contributed by atoms with Gasteiger partial charge in [-0.05, 0) is 13.0 Å². The lowest BCUT2D eigenvalue weighted by Gasteiger charge is -2.07. The molecule has 0 radical (unpaired) electrons. The normalized spacial score (nSPS) is 11.6. The van der Waals surface area contributed by atoms with E-state index in [1.165, 1.54) is 18.3 Å². The Labute approximate surface area is 97.6 Å². The molecule has 1 atom stereocenters. The van der Waals surface area contributed by atoms with Gasteiger partial charge in [0.25, 0.3) is 5.91 Å². The van der Waals surface area contributed by atoms with Crippen LogP contribution in [0.4, 0.5) is 4.79 Å². The number of primary amides is 1. The highest BCUT2D eigenvalue weighted by atomic mass is 16.5. The van der Waals surface area contributed by atoms with Gasteiger partial charge in [0, 0.05) is 18.8 Å². The van der Waals surface area contributed by atoms with Crippen molar-refractivity contribution in [2.75, 3.05) is 6.54 Å². The number of aromatic nitrogens is 1. The van der Waals surface area contributed by atoms with Crippen LogP contribution in [-0.4, -0.2) is 34.7 Å². The summed E-state index contributed by atoms with van der Waals surface area (Å²) in [6.45, 7) is 1.65. The van der Waals surface area contributed by atoms with Crippen LogP contribution in [0.3, 0.4) is 0 Å². The zero-order valence-corrected chi connectivity index (χ0v) is 9.21. The van der Waals surface area contributed by atoms with Crippen molar-refractivity contribution in [1.82, 2.24) is 10.3 Å². The van der Waals surface area contributed by atoms with Crippen molar-refractivity contribution in [2.45, 2.75) is 13.0 Å². The van der Waals surface area contributed by atoms with Gasteiger partial charge in [0.1, 0.15) is 11.4 Å². The topological polar surface area (TPSA) is 115 Å². The number of carbonyl (C=O) groups excluding carboxylic acids is 2. The summed E-state index contributed by atoms with van der Waals surface area (Å²) >= 11 is 0. The maximum Gasteiger partial charge on any atom is 0.409 e. The molecule has 92 valence electrons. The van der Waals surface area contributed by atoms with Gasteiger partial charge in [-0.3, -0.25) is 9.78 Å². The minimum atomic E-state index is -0.966. The first-order valence-electron chi connectivity index (χ1n) is 4.88. The third-order valence-corrected chi connectivity index (χ3v) is 1.74. The average Bonchev–Trinajstić information content (AvgIpc) is 2.25. The van der Waals surface area contributed by atoms with E-state index >= 15 is 0 Å². The Balaban J connectivity index is 2.70. The molecular weight excluding hydrogens is 226 g/mol. The van der Waals surface area contributed by atoms with Crippen molar-refractivity contribution in [1.29, 1.82) is 0 Å². The summed E-state index contributed by atoms with van der Waals surface area (Å²) in [5.74, 6) is -0.337. The first kappa shape index (κ1) is 12.9. The fourth-order valence-electron chi connectivity index (χ4n) is 1.05. The van der Waals surface area contributed by atoms with E-state index in [0.29, 0.717) is 0 Å². The minimum absolute atomic E-state index is 0.0735. The standard InChI is InChI=1S/C10H13N3O4/c1-6(14)5-13-9(15)8-4-7(2-3-12-8)17-10(11)16/h2-4,6,14H,5H2,1H3,(H2,11,16)(H,13,15)/t6-/m1/s1. The smallest absolute Gasteiger partial charge is 0.409 e. The zero-order valence-electron chi connectivity index (χ0n) is 9.21. The van der Waals surface area contributed by atoms with Crippen molar-refractivity contribution in [3.05, 3.63) is 24.0 Å². The van der Waals surface area contributed by atoms with Crippen molar-refractivity contribution in [2.24, 2.45) is 5.73 Å². The molecule has 1 aromatic rings. The molecule has 17 heavy (non-hydrogen) atoms.